The summed E-state index contributed by atoms with van der Waals surface area (Å²) < 4.78 is 13.9. The molecule has 1 heterocycles. The second-order valence-corrected chi connectivity index (χ2v) is 7.61. The maximum absolute atomic E-state index is 13.9. The average Bonchev–Trinajstić information content (AvgIpc) is 2.52. The van der Waals surface area contributed by atoms with Gasteiger partial charge in [-0.1, -0.05) is 24.3 Å². The van der Waals surface area contributed by atoms with Gasteiger partial charge in [0.15, 0.2) is 0 Å². The number of rotatable bonds is 2. The van der Waals surface area contributed by atoms with Gasteiger partial charge in [-0.25, -0.2) is 9.18 Å². The maximum atomic E-state index is 13.9. The van der Waals surface area contributed by atoms with Crippen LogP contribution in [0.3, 0.4) is 0 Å². The molecule has 124 valence electrons. The molecule has 24 heavy (non-hydrogen) atoms. The Morgan fingerprint density at radius 3 is 2.75 bits per heavy atom. The summed E-state index contributed by atoms with van der Waals surface area (Å²) >= 11 is 0. The number of carboxylic acid groups (broad SMARTS) is 1. The molecule has 0 radical (unpaired) electrons. The molecule has 0 aliphatic heterocycles. The van der Waals surface area contributed by atoms with Gasteiger partial charge in [0.05, 0.1) is 11.1 Å². The molecule has 1 aromatic heterocycles. The number of para-hydroxylation sites is 1. The molecule has 1 fully saturated rings. The van der Waals surface area contributed by atoms with Crippen LogP contribution in [0.25, 0.3) is 16.5 Å². The van der Waals surface area contributed by atoms with E-state index in [9.17, 15) is 9.18 Å². The number of hydrogen-bond donors (Lipinski definition) is 1. The van der Waals surface area contributed by atoms with Crippen molar-refractivity contribution in [1.29, 1.82) is 0 Å². The zero-order valence-electron chi connectivity index (χ0n) is 13.7. The summed E-state index contributed by atoms with van der Waals surface area (Å²) in [6.45, 7) is 1.70. The third-order valence-corrected chi connectivity index (χ3v) is 5.50. The van der Waals surface area contributed by atoms with E-state index < -0.39 is 11.6 Å². The number of halogens is 1. The molecule has 2 aliphatic carbocycles. The highest BCUT2D eigenvalue weighted by molar-refractivity contribution is 5.96. The fraction of sp³-hybridized carbons (Fsp3) is 0.400. The van der Waals surface area contributed by atoms with Gasteiger partial charge in [-0.3, -0.25) is 4.98 Å². The van der Waals surface area contributed by atoms with E-state index in [0.717, 1.165) is 35.7 Å². The van der Waals surface area contributed by atoms with Gasteiger partial charge in [-0.15, -0.1) is 0 Å². The molecule has 1 spiro atoms. The predicted molar refractivity (Wildman–Crippen MR) is 91.7 cm³/mol. The molecule has 1 aromatic carbocycles. The molecule has 0 bridgehead atoms. The molecule has 0 saturated heterocycles. The van der Waals surface area contributed by atoms with Crippen LogP contribution in [0.5, 0.6) is 0 Å². The minimum Gasteiger partial charge on any atom is -0.478 e. The summed E-state index contributed by atoms with van der Waals surface area (Å²) in [5.41, 5.74) is 2.53. The van der Waals surface area contributed by atoms with Crippen molar-refractivity contribution >= 4 is 22.4 Å². The fourth-order valence-electron chi connectivity index (χ4n) is 4.56. The Hall–Kier alpha value is -2.23. The summed E-state index contributed by atoms with van der Waals surface area (Å²) in [6, 6.07) is 7.54. The Bertz CT molecular complexity index is 861. The topological polar surface area (TPSA) is 50.2 Å². The van der Waals surface area contributed by atoms with E-state index in [4.69, 9.17) is 5.11 Å². The minimum absolute atomic E-state index is 0.154. The highest BCUT2D eigenvalue weighted by atomic mass is 19.1. The molecule has 4 rings (SSSR count). The Labute approximate surface area is 140 Å². The summed E-state index contributed by atoms with van der Waals surface area (Å²) in [5, 5.41) is 9.96. The number of hydrogen-bond acceptors (Lipinski definition) is 2. The van der Waals surface area contributed by atoms with Gasteiger partial charge in [0.25, 0.3) is 0 Å². The number of nitrogens with zero attached hydrogens (tertiary/aromatic N) is 1. The van der Waals surface area contributed by atoms with E-state index in [1.165, 1.54) is 11.8 Å². The van der Waals surface area contributed by atoms with Crippen molar-refractivity contribution in [2.24, 2.45) is 5.41 Å². The van der Waals surface area contributed by atoms with E-state index in [0.29, 0.717) is 12.8 Å². The molecule has 4 heteroatoms. The average molecular weight is 325 g/mol. The molecule has 0 amide bonds. The van der Waals surface area contributed by atoms with E-state index in [2.05, 4.69) is 11.1 Å². The number of carbonyl (C=O) groups is 1. The number of allylic oxidation sites excluding steroid dienone is 2. The standard InChI is InChI=1S/C20H20FNO2/c1-19(21)11-20(12-19)7-5-13(6-8-20)16-4-2-3-14-9-15(18(23)24)10-22-17(14)16/h2-5,9-10H,6-8,11-12H2,1H3,(H,23,24). The van der Waals surface area contributed by atoms with Gasteiger partial charge in [-0.05, 0) is 56.1 Å². The second-order valence-electron chi connectivity index (χ2n) is 7.61. The van der Waals surface area contributed by atoms with Crippen LogP contribution in [0, 0.1) is 5.41 Å². The number of aromatic nitrogens is 1. The van der Waals surface area contributed by atoms with Gasteiger partial charge in [0, 0.05) is 17.1 Å². The Morgan fingerprint density at radius 1 is 1.33 bits per heavy atom. The van der Waals surface area contributed by atoms with Crippen molar-refractivity contribution < 1.29 is 14.3 Å². The minimum atomic E-state index is -0.987. The molecule has 1 N–H and O–H groups in total. The Morgan fingerprint density at radius 2 is 2.12 bits per heavy atom. The Balaban J connectivity index is 1.67. The van der Waals surface area contributed by atoms with Crippen molar-refractivity contribution in [1.82, 2.24) is 4.98 Å². The predicted octanol–water partition coefficient (Wildman–Crippen LogP) is 5.01. The quantitative estimate of drug-likeness (QED) is 0.844. The number of fused-ring (bicyclic) bond motifs is 1. The second kappa shape index (κ2) is 5.13. The van der Waals surface area contributed by atoms with E-state index in [-0.39, 0.29) is 11.0 Å². The third kappa shape index (κ3) is 2.50. The first-order valence-corrected chi connectivity index (χ1v) is 8.38. The first kappa shape index (κ1) is 15.3. The van der Waals surface area contributed by atoms with Gasteiger partial charge >= 0.3 is 5.97 Å². The molecule has 0 unspecified atom stereocenters. The molecule has 1 saturated carbocycles. The molecule has 3 nitrogen and oxygen atoms in total. The smallest absolute Gasteiger partial charge is 0.337 e. The number of pyridine rings is 1. The van der Waals surface area contributed by atoms with Gasteiger partial charge in [0.1, 0.15) is 5.67 Å². The highest BCUT2D eigenvalue weighted by Crippen LogP contribution is 2.58. The summed E-state index contributed by atoms with van der Waals surface area (Å²) in [4.78, 5) is 15.5. The third-order valence-electron chi connectivity index (χ3n) is 5.50. The molecular formula is C20H20FNO2. The summed E-state index contributed by atoms with van der Waals surface area (Å²) in [7, 11) is 0. The lowest BCUT2D eigenvalue weighted by Gasteiger charge is -2.52. The summed E-state index contributed by atoms with van der Waals surface area (Å²) in [6.07, 6.45) is 7.85. The lowest BCUT2D eigenvalue weighted by Crippen LogP contribution is -2.47. The molecule has 2 aromatic rings. The number of benzene rings is 1. The van der Waals surface area contributed by atoms with Crippen molar-refractivity contribution in [3.05, 3.63) is 47.7 Å². The van der Waals surface area contributed by atoms with Gasteiger partial charge in [0.2, 0.25) is 0 Å². The van der Waals surface area contributed by atoms with Crippen molar-refractivity contribution in [2.45, 2.75) is 44.7 Å². The monoisotopic (exact) mass is 325 g/mol. The van der Waals surface area contributed by atoms with Crippen molar-refractivity contribution in [2.75, 3.05) is 0 Å². The van der Waals surface area contributed by atoms with E-state index >= 15 is 0 Å². The normalized spacial score (nSPS) is 29.3. The van der Waals surface area contributed by atoms with Crippen molar-refractivity contribution in [3.8, 4) is 0 Å². The Kier molecular flexibility index (Phi) is 3.27. The van der Waals surface area contributed by atoms with E-state index in [1.807, 2.05) is 18.2 Å². The zero-order valence-corrected chi connectivity index (χ0v) is 13.7. The number of aromatic carboxylic acids is 1. The SMILES string of the molecule is CC1(F)CC2(CC=C(c3cccc4cc(C(=O)O)cnc34)CC2)C1. The number of alkyl halides is 1. The van der Waals surface area contributed by atoms with E-state index in [1.54, 1.807) is 13.0 Å². The largest absolute Gasteiger partial charge is 0.478 e. The van der Waals surface area contributed by atoms with Crippen LogP contribution >= 0.6 is 0 Å². The zero-order chi connectivity index (χ0) is 16.9. The number of carboxylic acids is 1. The highest BCUT2D eigenvalue weighted by Gasteiger charge is 2.52. The summed E-state index contributed by atoms with van der Waals surface area (Å²) in [5.74, 6) is -0.965. The maximum Gasteiger partial charge on any atom is 0.337 e. The van der Waals surface area contributed by atoms with Gasteiger partial charge in [-0.2, -0.15) is 0 Å². The molecule has 0 atom stereocenters. The lowest BCUT2D eigenvalue weighted by molar-refractivity contribution is -0.0588. The molecular weight excluding hydrogens is 305 g/mol. The van der Waals surface area contributed by atoms with Crippen LogP contribution < -0.4 is 0 Å². The van der Waals surface area contributed by atoms with Gasteiger partial charge < -0.3 is 5.11 Å². The van der Waals surface area contributed by atoms with Crippen LogP contribution in [-0.2, 0) is 0 Å². The first-order valence-electron chi connectivity index (χ1n) is 8.38. The van der Waals surface area contributed by atoms with Crippen LogP contribution in [0.1, 0.15) is 54.9 Å². The van der Waals surface area contributed by atoms with Crippen LogP contribution in [0.2, 0.25) is 0 Å². The van der Waals surface area contributed by atoms with Crippen LogP contribution in [0.15, 0.2) is 36.5 Å². The molecule has 2 aliphatic rings. The van der Waals surface area contributed by atoms with Crippen molar-refractivity contribution in [3.63, 3.8) is 0 Å². The lowest BCUT2D eigenvalue weighted by atomic mass is 9.55. The van der Waals surface area contributed by atoms with Crippen LogP contribution in [0.4, 0.5) is 4.39 Å². The van der Waals surface area contributed by atoms with Crippen LogP contribution in [-0.4, -0.2) is 21.7 Å². The fourth-order valence-corrected chi connectivity index (χ4v) is 4.56. The first-order chi connectivity index (χ1) is 11.4.